The highest BCUT2D eigenvalue weighted by Gasteiger charge is 2.21. The highest BCUT2D eigenvalue weighted by Crippen LogP contribution is 2.43. The van der Waals surface area contributed by atoms with Crippen molar-refractivity contribution in [2.45, 2.75) is 0 Å². The van der Waals surface area contributed by atoms with E-state index in [1.807, 2.05) is 42.5 Å². The molecule has 11 aromatic rings. The van der Waals surface area contributed by atoms with E-state index in [0.29, 0.717) is 11.1 Å². The summed E-state index contributed by atoms with van der Waals surface area (Å²) in [6.45, 7) is 0. The number of rotatable bonds is 2. The molecule has 0 aliphatic rings. The highest BCUT2D eigenvalue weighted by atomic mass is 32.1. The molecule has 0 spiro atoms. The van der Waals surface area contributed by atoms with Crippen molar-refractivity contribution in [1.29, 1.82) is 10.5 Å². The van der Waals surface area contributed by atoms with Gasteiger partial charge in [-0.1, -0.05) is 42.5 Å². The van der Waals surface area contributed by atoms with Crippen LogP contribution in [0.2, 0.25) is 0 Å². The Morgan fingerprint density at radius 3 is 1.76 bits per heavy atom. The van der Waals surface area contributed by atoms with Crippen LogP contribution in [0.4, 0.5) is 0 Å². The second-order valence-electron chi connectivity index (χ2n) is 12.8. The van der Waals surface area contributed by atoms with E-state index in [1.165, 1.54) is 20.2 Å². The summed E-state index contributed by atoms with van der Waals surface area (Å²) in [5.41, 5.74) is 9.26. The van der Waals surface area contributed by atoms with Crippen molar-refractivity contribution in [2.24, 2.45) is 0 Å². The topological polar surface area (TPSA) is 70.6 Å². The van der Waals surface area contributed by atoms with Crippen LogP contribution in [0.25, 0.3) is 97.1 Å². The lowest BCUT2D eigenvalue weighted by atomic mass is 10.1. The lowest BCUT2D eigenvalue weighted by Crippen LogP contribution is -1.94. The Balaban J connectivity index is 1.20. The van der Waals surface area contributed by atoms with Gasteiger partial charge in [0.25, 0.3) is 0 Å². The Hall–Kier alpha value is -6.86. The van der Waals surface area contributed by atoms with Crippen LogP contribution in [0.15, 0.2) is 138 Å². The molecule has 0 aliphatic heterocycles. The smallest absolute Gasteiger partial charge is 0.160 e. The zero-order chi connectivity index (χ0) is 33.1. The normalized spacial score (nSPS) is 12.0. The third-order valence-electron chi connectivity index (χ3n) is 10.2. The van der Waals surface area contributed by atoms with E-state index < -0.39 is 0 Å². The van der Waals surface area contributed by atoms with Crippen LogP contribution in [0.3, 0.4) is 0 Å². The Bertz CT molecular complexity index is 3360. The maximum atomic E-state index is 9.80. The molecule has 0 radical (unpaired) electrons. The number of aromatic nitrogens is 2. The number of para-hydroxylation sites is 2. The quantitative estimate of drug-likeness (QED) is 0.186. The predicted octanol–water partition coefficient (Wildman–Crippen LogP) is 11.9. The minimum Gasteiger partial charge on any atom is -0.454 e. The molecule has 7 aromatic carbocycles. The molecule has 0 bridgehead atoms. The zero-order valence-corrected chi connectivity index (χ0v) is 27.1. The minimum absolute atomic E-state index is 0.627. The SMILES string of the molecule is N#Cc1ccc2c(c1)c1ccccc1n2-c1ccc2sc3ccc(-n4c5ccc(C#N)cc5c5ccc6c7ccccc7oc6c54)cc3c2c1. The summed E-state index contributed by atoms with van der Waals surface area (Å²) in [5, 5.41) is 28.2. The number of benzene rings is 7. The summed E-state index contributed by atoms with van der Waals surface area (Å²) in [5.74, 6) is 0. The average molecular weight is 655 g/mol. The third kappa shape index (κ3) is 3.58. The van der Waals surface area contributed by atoms with E-state index in [4.69, 9.17) is 4.42 Å². The molecule has 11 rings (SSSR count). The van der Waals surface area contributed by atoms with Crippen LogP contribution in [0.5, 0.6) is 0 Å². The zero-order valence-electron chi connectivity index (χ0n) is 26.3. The van der Waals surface area contributed by atoms with Gasteiger partial charge in [0, 0.05) is 63.9 Å². The maximum absolute atomic E-state index is 9.80. The van der Waals surface area contributed by atoms with Gasteiger partial charge < -0.3 is 13.6 Å². The number of fused-ring (bicyclic) bond motifs is 13. The van der Waals surface area contributed by atoms with Crippen molar-refractivity contribution in [2.75, 3.05) is 0 Å². The standard InChI is InChI=1S/C44H22N4OS/c45-23-25-9-15-38-33(19-25)29-5-1-3-7-37(29)47(38)27-11-17-41-35(21-27)36-22-28(12-18-42(36)50-41)48-39-16-10-26(24-46)20-34(39)31-13-14-32-30-6-2-4-8-40(30)49-44(32)43(31)48/h1-22H. The largest absolute Gasteiger partial charge is 0.454 e. The fourth-order valence-corrected chi connectivity index (χ4v) is 9.04. The molecule has 0 N–H and O–H groups in total. The minimum atomic E-state index is 0.627. The van der Waals surface area contributed by atoms with Gasteiger partial charge in [0.05, 0.1) is 45.3 Å². The third-order valence-corrected chi connectivity index (χ3v) is 11.3. The molecule has 50 heavy (non-hydrogen) atoms. The lowest BCUT2D eigenvalue weighted by molar-refractivity contribution is 0.671. The number of furan rings is 1. The van der Waals surface area contributed by atoms with E-state index in [9.17, 15) is 10.5 Å². The van der Waals surface area contributed by atoms with E-state index in [0.717, 1.165) is 76.9 Å². The second kappa shape index (κ2) is 9.84. The Kier molecular flexibility index (Phi) is 5.34. The van der Waals surface area contributed by atoms with Gasteiger partial charge in [-0.15, -0.1) is 11.3 Å². The molecular formula is C44H22N4OS. The van der Waals surface area contributed by atoms with E-state index in [1.54, 1.807) is 11.3 Å². The number of nitriles is 2. The molecule has 4 heterocycles. The van der Waals surface area contributed by atoms with Gasteiger partial charge in [0.1, 0.15) is 5.58 Å². The first kappa shape index (κ1) is 27.1. The van der Waals surface area contributed by atoms with Gasteiger partial charge in [-0.05, 0) is 91.0 Å². The fraction of sp³-hybridized carbons (Fsp3) is 0. The molecule has 230 valence electrons. The van der Waals surface area contributed by atoms with E-state index in [2.05, 4.69) is 112 Å². The van der Waals surface area contributed by atoms with Crippen molar-refractivity contribution in [3.63, 3.8) is 0 Å². The molecular weight excluding hydrogens is 633 g/mol. The summed E-state index contributed by atoms with van der Waals surface area (Å²) in [4.78, 5) is 0. The van der Waals surface area contributed by atoms with Crippen LogP contribution >= 0.6 is 11.3 Å². The summed E-state index contributed by atoms with van der Waals surface area (Å²) in [6.07, 6.45) is 0. The van der Waals surface area contributed by atoms with Gasteiger partial charge in [-0.3, -0.25) is 0 Å². The Morgan fingerprint density at radius 2 is 1.04 bits per heavy atom. The summed E-state index contributed by atoms with van der Waals surface area (Å²) < 4.78 is 13.6. The van der Waals surface area contributed by atoms with Crippen molar-refractivity contribution in [3.8, 4) is 23.5 Å². The van der Waals surface area contributed by atoms with E-state index in [-0.39, 0.29) is 0 Å². The average Bonchev–Trinajstić information content (AvgIpc) is 3.91. The van der Waals surface area contributed by atoms with Crippen LogP contribution in [-0.4, -0.2) is 9.13 Å². The fourth-order valence-electron chi connectivity index (χ4n) is 7.97. The first-order chi connectivity index (χ1) is 24.7. The number of hydrogen-bond acceptors (Lipinski definition) is 4. The monoisotopic (exact) mass is 654 g/mol. The molecule has 5 nitrogen and oxygen atoms in total. The summed E-state index contributed by atoms with van der Waals surface area (Å²) >= 11 is 1.79. The van der Waals surface area contributed by atoms with Crippen LogP contribution in [-0.2, 0) is 0 Å². The Morgan fingerprint density at radius 1 is 0.460 bits per heavy atom. The number of nitrogens with zero attached hydrogens (tertiary/aromatic N) is 4. The van der Waals surface area contributed by atoms with Gasteiger partial charge in [-0.25, -0.2) is 0 Å². The molecule has 0 unspecified atom stereocenters. The van der Waals surface area contributed by atoms with Crippen molar-refractivity contribution in [1.82, 2.24) is 9.13 Å². The number of thiophene rings is 1. The molecule has 4 aromatic heterocycles. The molecule has 0 saturated heterocycles. The maximum Gasteiger partial charge on any atom is 0.160 e. The van der Waals surface area contributed by atoms with Crippen molar-refractivity contribution in [3.05, 3.63) is 145 Å². The molecule has 0 saturated carbocycles. The Labute approximate surface area is 288 Å². The predicted molar refractivity (Wildman–Crippen MR) is 205 cm³/mol. The lowest BCUT2D eigenvalue weighted by Gasteiger charge is -2.10. The highest BCUT2D eigenvalue weighted by molar-refractivity contribution is 7.25. The number of hydrogen-bond donors (Lipinski definition) is 0. The summed E-state index contributed by atoms with van der Waals surface area (Å²) in [7, 11) is 0. The van der Waals surface area contributed by atoms with E-state index >= 15 is 0 Å². The van der Waals surface area contributed by atoms with Crippen molar-refractivity contribution >= 4 is 97.1 Å². The molecule has 0 amide bonds. The molecule has 6 heteroatoms. The first-order valence-corrected chi connectivity index (χ1v) is 17.2. The first-order valence-electron chi connectivity index (χ1n) is 16.4. The van der Waals surface area contributed by atoms with Crippen molar-refractivity contribution < 1.29 is 4.42 Å². The van der Waals surface area contributed by atoms with Crippen LogP contribution in [0.1, 0.15) is 11.1 Å². The molecule has 0 aliphatic carbocycles. The second-order valence-corrected chi connectivity index (χ2v) is 13.9. The van der Waals surface area contributed by atoms with Gasteiger partial charge in [0.15, 0.2) is 5.58 Å². The van der Waals surface area contributed by atoms with Gasteiger partial charge in [-0.2, -0.15) is 10.5 Å². The van der Waals surface area contributed by atoms with Crippen LogP contribution in [0, 0.1) is 22.7 Å². The molecule has 0 atom stereocenters. The van der Waals surface area contributed by atoms with Gasteiger partial charge in [0.2, 0.25) is 0 Å². The van der Waals surface area contributed by atoms with Crippen LogP contribution < -0.4 is 0 Å². The molecule has 0 fully saturated rings. The van der Waals surface area contributed by atoms with Gasteiger partial charge >= 0.3 is 0 Å². The summed E-state index contributed by atoms with van der Waals surface area (Å²) in [6, 6.07) is 50.8.